The second-order valence-electron chi connectivity index (χ2n) is 5.40. The molecular formula is C17H14ClNO2S. The normalized spacial score (nSPS) is 11.3. The third-order valence-corrected chi connectivity index (χ3v) is 4.21. The Bertz CT molecular complexity index is 955. The monoisotopic (exact) mass is 331 g/mol. The molecule has 2 aromatic carbocycles. The molecule has 0 saturated carbocycles. The first-order chi connectivity index (χ1) is 10.5. The molecule has 3 nitrogen and oxygen atoms in total. The number of benzene rings is 2. The largest absolute Gasteiger partial charge is 0.425 e. The molecule has 3 rings (SSSR count). The highest BCUT2D eigenvalue weighted by molar-refractivity contribution is 7.71. The Kier molecular flexibility index (Phi) is 3.89. The standard InChI is InChI=1S/C17H14ClNO2S/c1-10(2)11-3-6-13(7-4-11)19-16(22)14-9-12(18)5-8-15(14)21-17(19)20/h3-10H,1-2H3. The molecule has 0 aliphatic heterocycles. The summed E-state index contributed by atoms with van der Waals surface area (Å²) in [5.74, 6) is -0.0778. The number of hydrogen-bond acceptors (Lipinski definition) is 3. The quantitative estimate of drug-likeness (QED) is 0.613. The molecule has 22 heavy (non-hydrogen) atoms. The van der Waals surface area contributed by atoms with E-state index in [1.54, 1.807) is 18.2 Å². The molecule has 0 atom stereocenters. The third kappa shape index (κ3) is 2.60. The predicted octanol–water partition coefficient (Wildman–Crippen LogP) is 5.09. The van der Waals surface area contributed by atoms with Crippen molar-refractivity contribution in [2.24, 2.45) is 0 Å². The molecular weight excluding hydrogens is 318 g/mol. The van der Waals surface area contributed by atoms with E-state index < -0.39 is 5.76 Å². The molecule has 0 saturated heterocycles. The lowest BCUT2D eigenvalue weighted by atomic mass is 10.0. The molecule has 0 fully saturated rings. The summed E-state index contributed by atoms with van der Waals surface area (Å²) in [5.41, 5.74) is 2.32. The second-order valence-corrected chi connectivity index (χ2v) is 6.22. The first kappa shape index (κ1) is 15.0. The molecule has 0 amide bonds. The Morgan fingerprint density at radius 1 is 1.14 bits per heavy atom. The van der Waals surface area contributed by atoms with Crippen molar-refractivity contribution in [2.45, 2.75) is 19.8 Å². The van der Waals surface area contributed by atoms with E-state index in [2.05, 4.69) is 13.8 Å². The Morgan fingerprint density at radius 2 is 1.82 bits per heavy atom. The fraction of sp³-hybridized carbons (Fsp3) is 0.176. The molecule has 0 bridgehead atoms. The van der Waals surface area contributed by atoms with Gasteiger partial charge in [-0.25, -0.2) is 9.36 Å². The van der Waals surface area contributed by atoms with Crippen molar-refractivity contribution >= 4 is 34.8 Å². The van der Waals surface area contributed by atoms with Crippen molar-refractivity contribution in [3.8, 4) is 5.69 Å². The first-order valence-corrected chi connectivity index (χ1v) is 7.72. The summed E-state index contributed by atoms with van der Waals surface area (Å²) >= 11 is 11.5. The summed E-state index contributed by atoms with van der Waals surface area (Å²) in [7, 11) is 0. The van der Waals surface area contributed by atoms with Crippen LogP contribution in [0.2, 0.25) is 5.02 Å². The Labute approximate surface area is 137 Å². The summed E-state index contributed by atoms with van der Waals surface area (Å²) in [5, 5.41) is 1.20. The van der Waals surface area contributed by atoms with Gasteiger partial charge in [0, 0.05) is 5.02 Å². The topological polar surface area (TPSA) is 35.1 Å². The van der Waals surface area contributed by atoms with Gasteiger partial charge >= 0.3 is 5.76 Å². The van der Waals surface area contributed by atoms with Gasteiger partial charge in [-0.2, -0.15) is 0 Å². The summed E-state index contributed by atoms with van der Waals surface area (Å²) in [6.07, 6.45) is 0. The highest BCUT2D eigenvalue weighted by atomic mass is 35.5. The van der Waals surface area contributed by atoms with Gasteiger partial charge in [0.15, 0.2) is 0 Å². The van der Waals surface area contributed by atoms with Gasteiger partial charge in [-0.05, 0) is 41.8 Å². The minimum Gasteiger partial charge on any atom is -0.409 e. The van der Waals surface area contributed by atoms with Crippen LogP contribution >= 0.6 is 23.8 Å². The van der Waals surface area contributed by atoms with Crippen molar-refractivity contribution in [3.63, 3.8) is 0 Å². The molecule has 0 radical (unpaired) electrons. The average Bonchev–Trinajstić information content (AvgIpc) is 2.49. The van der Waals surface area contributed by atoms with Crippen molar-refractivity contribution < 1.29 is 4.42 Å². The lowest BCUT2D eigenvalue weighted by Crippen LogP contribution is -2.18. The molecule has 0 N–H and O–H groups in total. The van der Waals surface area contributed by atoms with Gasteiger partial charge in [0.1, 0.15) is 10.2 Å². The molecule has 0 unspecified atom stereocenters. The van der Waals surface area contributed by atoms with Gasteiger partial charge in [0.25, 0.3) is 0 Å². The van der Waals surface area contributed by atoms with Crippen LogP contribution in [0.4, 0.5) is 0 Å². The van der Waals surface area contributed by atoms with E-state index >= 15 is 0 Å². The van der Waals surface area contributed by atoms with E-state index in [1.165, 1.54) is 10.1 Å². The molecule has 0 spiro atoms. The molecule has 3 aromatic rings. The van der Waals surface area contributed by atoms with E-state index in [4.69, 9.17) is 28.2 Å². The van der Waals surface area contributed by atoms with Crippen LogP contribution in [0.3, 0.4) is 0 Å². The number of nitrogens with zero attached hydrogens (tertiary/aromatic N) is 1. The molecule has 1 heterocycles. The van der Waals surface area contributed by atoms with E-state index in [-0.39, 0.29) is 0 Å². The smallest absolute Gasteiger partial charge is 0.409 e. The predicted molar refractivity (Wildman–Crippen MR) is 91.7 cm³/mol. The van der Waals surface area contributed by atoms with Crippen LogP contribution in [-0.4, -0.2) is 4.57 Å². The van der Waals surface area contributed by atoms with Crippen LogP contribution in [0, 0.1) is 4.64 Å². The summed E-state index contributed by atoms with van der Waals surface area (Å²) in [6.45, 7) is 4.24. The fourth-order valence-electron chi connectivity index (χ4n) is 2.33. The summed E-state index contributed by atoms with van der Waals surface area (Å²) < 4.78 is 7.12. The van der Waals surface area contributed by atoms with Crippen LogP contribution in [0.5, 0.6) is 0 Å². The number of hydrogen-bond donors (Lipinski definition) is 0. The Hall–Kier alpha value is -1.91. The van der Waals surface area contributed by atoms with Crippen molar-refractivity contribution in [2.75, 3.05) is 0 Å². The molecule has 112 valence electrons. The average molecular weight is 332 g/mol. The van der Waals surface area contributed by atoms with Crippen molar-refractivity contribution in [3.05, 3.63) is 68.2 Å². The van der Waals surface area contributed by atoms with Crippen LogP contribution < -0.4 is 5.76 Å². The molecule has 1 aromatic heterocycles. The van der Waals surface area contributed by atoms with E-state index in [0.29, 0.717) is 32.2 Å². The zero-order valence-corrected chi connectivity index (χ0v) is 13.7. The minimum atomic E-state index is -0.503. The number of halogens is 1. The molecule has 0 aliphatic rings. The number of rotatable bonds is 2. The number of fused-ring (bicyclic) bond motifs is 1. The van der Waals surface area contributed by atoms with Gasteiger partial charge in [-0.15, -0.1) is 0 Å². The zero-order valence-electron chi connectivity index (χ0n) is 12.2. The third-order valence-electron chi connectivity index (χ3n) is 3.57. The fourth-order valence-corrected chi connectivity index (χ4v) is 2.84. The van der Waals surface area contributed by atoms with E-state index in [1.807, 2.05) is 24.3 Å². The highest BCUT2D eigenvalue weighted by Gasteiger charge is 2.10. The maximum Gasteiger partial charge on any atom is 0.425 e. The molecule has 5 heteroatoms. The lowest BCUT2D eigenvalue weighted by molar-refractivity contribution is 0.507. The van der Waals surface area contributed by atoms with Gasteiger partial charge in [0.05, 0.1) is 11.1 Å². The van der Waals surface area contributed by atoms with Gasteiger partial charge in [-0.1, -0.05) is 49.8 Å². The van der Waals surface area contributed by atoms with Crippen LogP contribution in [0.25, 0.3) is 16.7 Å². The van der Waals surface area contributed by atoms with Crippen LogP contribution in [0.1, 0.15) is 25.3 Å². The van der Waals surface area contributed by atoms with Gasteiger partial charge in [0.2, 0.25) is 0 Å². The highest BCUT2D eigenvalue weighted by Crippen LogP contribution is 2.22. The zero-order chi connectivity index (χ0) is 15.9. The van der Waals surface area contributed by atoms with Crippen molar-refractivity contribution in [1.29, 1.82) is 0 Å². The van der Waals surface area contributed by atoms with Gasteiger partial charge < -0.3 is 4.42 Å². The Balaban J connectivity index is 2.26. The van der Waals surface area contributed by atoms with Crippen LogP contribution in [0.15, 0.2) is 51.7 Å². The second kappa shape index (κ2) is 5.71. The lowest BCUT2D eigenvalue weighted by Gasteiger charge is -2.09. The maximum absolute atomic E-state index is 12.3. The summed E-state index contributed by atoms with van der Waals surface area (Å²) in [6, 6.07) is 12.8. The SMILES string of the molecule is CC(C)c1ccc(-n2c(=O)oc3ccc(Cl)cc3c2=S)cc1. The van der Waals surface area contributed by atoms with Gasteiger partial charge in [-0.3, -0.25) is 0 Å². The molecule has 0 aliphatic carbocycles. The number of aromatic nitrogens is 1. The van der Waals surface area contributed by atoms with Crippen molar-refractivity contribution in [1.82, 2.24) is 4.57 Å². The minimum absolute atomic E-state index is 0.394. The van der Waals surface area contributed by atoms with Crippen LogP contribution in [-0.2, 0) is 0 Å². The van der Waals surface area contributed by atoms with E-state index in [0.717, 1.165) is 0 Å². The summed E-state index contributed by atoms with van der Waals surface area (Å²) in [4.78, 5) is 12.3. The maximum atomic E-state index is 12.3. The van der Waals surface area contributed by atoms with E-state index in [9.17, 15) is 4.79 Å². The first-order valence-electron chi connectivity index (χ1n) is 6.93. The Morgan fingerprint density at radius 3 is 2.45 bits per heavy atom.